The molecule has 0 radical (unpaired) electrons. The van der Waals surface area contributed by atoms with Gasteiger partial charge in [-0.25, -0.2) is 0 Å². The van der Waals surface area contributed by atoms with E-state index in [9.17, 15) is 0 Å². The summed E-state index contributed by atoms with van der Waals surface area (Å²) in [6.45, 7) is 4.69. The van der Waals surface area contributed by atoms with Crippen LogP contribution in [0.1, 0.15) is 33.1 Å². The molecule has 2 unspecified atom stereocenters. The summed E-state index contributed by atoms with van der Waals surface area (Å²) in [5, 5.41) is 15.1. The Morgan fingerprint density at radius 2 is 1.85 bits per heavy atom. The minimum Gasteiger partial charge on any atom is -0.381 e. The first-order valence-corrected chi connectivity index (χ1v) is 7.31. The highest BCUT2D eigenvalue weighted by molar-refractivity contribution is 5.60. The molecule has 1 aromatic heterocycles. The van der Waals surface area contributed by atoms with Gasteiger partial charge < -0.3 is 5.32 Å². The van der Waals surface area contributed by atoms with Crippen molar-refractivity contribution in [2.24, 2.45) is 11.8 Å². The normalized spacial score (nSPS) is 26.4. The summed E-state index contributed by atoms with van der Waals surface area (Å²) in [7, 11) is 0. The van der Waals surface area contributed by atoms with E-state index in [2.05, 4.69) is 40.8 Å². The van der Waals surface area contributed by atoms with E-state index in [0.717, 1.165) is 23.2 Å². The lowest BCUT2D eigenvalue weighted by atomic mass is 9.80. The minimum atomic E-state index is 0.534. The van der Waals surface area contributed by atoms with Crippen LogP contribution in [0.5, 0.6) is 0 Å². The van der Waals surface area contributed by atoms with Crippen LogP contribution in [0.25, 0.3) is 5.69 Å². The van der Waals surface area contributed by atoms with E-state index in [1.165, 1.54) is 19.3 Å². The lowest BCUT2D eigenvalue weighted by Gasteiger charge is -2.33. The Morgan fingerprint density at radius 1 is 1.10 bits per heavy atom. The summed E-state index contributed by atoms with van der Waals surface area (Å²) in [5.74, 6) is 1.58. The molecular formula is C15H21N5. The van der Waals surface area contributed by atoms with Gasteiger partial charge in [0.15, 0.2) is 0 Å². The number of hydrogen-bond donors (Lipinski definition) is 1. The monoisotopic (exact) mass is 271 g/mol. The SMILES string of the molecule is CC1CC(C)CC(Nc2ccccc2-n2cnnn2)C1. The molecule has 0 saturated heterocycles. The lowest BCUT2D eigenvalue weighted by molar-refractivity contribution is 0.281. The van der Waals surface area contributed by atoms with Gasteiger partial charge in [-0.2, -0.15) is 4.68 Å². The summed E-state index contributed by atoms with van der Waals surface area (Å²) in [4.78, 5) is 0. The van der Waals surface area contributed by atoms with Gasteiger partial charge in [0.05, 0.1) is 11.4 Å². The topological polar surface area (TPSA) is 55.6 Å². The van der Waals surface area contributed by atoms with Crippen molar-refractivity contribution in [2.45, 2.75) is 39.2 Å². The Kier molecular flexibility index (Phi) is 3.67. The number of aromatic nitrogens is 4. The first-order chi connectivity index (χ1) is 9.72. The fraction of sp³-hybridized carbons (Fsp3) is 0.533. The molecule has 2 aromatic rings. The molecule has 5 nitrogen and oxygen atoms in total. The van der Waals surface area contributed by atoms with Crippen LogP contribution >= 0.6 is 0 Å². The Bertz CT molecular complexity index is 541. The summed E-state index contributed by atoms with van der Waals surface area (Å²) in [6, 6.07) is 8.72. The number of para-hydroxylation sites is 2. The maximum atomic E-state index is 3.99. The average molecular weight is 271 g/mol. The maximum Gasteiger partial charge on any atom is 0.143 e. The number of nitrogens with one attached hydrogen (secondary N) is 1. The standard InChI is InChI=1S/C15H21N5/c1-11-7-12(2)9-13(8-11)17-14-5-3-4-6-15(14)20-10-16-18-19-20/h3-6,10-13,17H,7-9H2,1-2H3. The third-order valence-electron chi connectivity index (χ3n) is 4.04. The van der Waals surface area contributed by atoms with Crippen molar-refractivity contribution in [1.29, 1.82) is 0 Å². The van der Waals surface area contributed by atoms with Crippen LogP contribution in [0.4, 0.5) is 5.69 Å². The predicted molar refractivity (Wildman–Crippen MR) is 78.7 cm³/mol. The molecule has 1 saturated carbocycles. The molecule has 3 rings (SSSR count). The molecule has 106 valence electrons. The Labute approximate surface area is 119 Å². The number of hydrogen-bond acceptors (Lipinski definition) is 4. The van der Waals surface area contributed by atoms with Gasteiger partial charge in [0, 0.05) is 6.04 Å². The molecule has 5 heteroatoms. The third-order valence-corrected chi connectivity index (χ3v) is 4.04. The van der Waals surface area contributed by atoms with E-state index in [4.69, 9.17) is 0 Å². The van der Waals surface area contributed by atoms with Crippen molar-refractivity contribution in [3.8, 4) is 5.69 Å². The van der Waals surface area contributed by atoms with E-state index in [1.54, 1.807) is 11.0 Å². The first kappa shape index (κ1) is 13.1. The third kappa shape index (κ3) is 2.81. The molecular weight excluding hydrogens is 250 g/mol. The second-order valence-electron chi connectivity index (χ2n) is 6.03. The van der Waals surface area contributed by atoms with Crippen molar-refractivity contribution in [2.75, 3.05) is 5.32 Å². The van der Waals surface area contributed by atoms with E-state index in [0.29, 0.717) is 6.04 Å². The number of benzene rings is 1. The van der Waals surface area contributed by atoms with E-state index >= 15 is 0 Å². The van der Waals surface area contributed by atoms with Crippen LogP contribution in [-0.4, -0.2) is 26.2 Å². The van der Waals surface area contributed by atoms with Crippen LogP contribution in [0, 0.1) is 11.8 Å². The zero-order valence-electron chi connectivity index (χ0n) is 12.0. The molecule has 0 bridgehead atoms. The summed E-state index contributed by atoms with van der Waals surface area (Å²) in [5.41, 5.74) is 2.11. The molecule has 1 heterocycles. The molecule has 2 atom stereocenters. The van der Waals surface area contributed by atoms with Gasteiger partial charge in [0.1, 0.15) is 6.33 Å². The maximum absolute atomic E-state index is 3.99. The Morgan fingerprint density at radius 3 is 2.55 bits per heavy atom. The number of nitrogens with zero attached hydrogens (tertiary/aromatic N) is 4. The van der Waals surface area contributed by atoms with Crippen LogP contribution in [0.3, 0.4) is 0 Å². The van der Waals surface area contributed by atoms with Crippen LogP contribution in [0.15, 0.2) is 30.6 Å². The van der Waals surface area contributed by atoms with E-state index in [1.807, 2.05) is 18.2 Å². The van der Waals surface area contributed by atoms with E-state index in [-0.39, 0.29) is 0 Å². The minimum absolute atomic E-state index is 0.534. The van der Waals surface area contributed by atoms with Crippen molar-refractivity contribution in [3.63, 3.8) is 0 Å². The lowest BCUT2D eigenvalue weighted by Crippen LogP contribution is -2.30. The summed E-state index contributed by atoms with van der Waals surface area (Å²) >= 11 is 0. The zero-order valence-corrected chi connectivity index (χ0v) is 12.0. The number of anilines is 1. The largest absolute Gasteiger partial charge is 0.381 e. The Balaban J connectivity index is 1.81. The van der Waals surface area contributed by atoms with Crippen molar-refractivity contribution in [3.05, 3.63) is 30.6 Å². The second-order valence-corrected chi connectivity index (χ2v) is 6.03. The van der Waals surface area contributed by atoms with Crippen molar-refractivity contribution >= 4 is 5.69 Å². The molecule has 1 N–H and O–H groups in total. The second kappa shape index (κ2) is 5.61. The zero-order chi connectivity index (χ0) is 13.9. The van der Waals surface area contributed by atoms with Gasteiger partial charge in [-0.05, 0) is 53.7 Å². The van der Waals surface area contributed by atoms with Crippen molar-refractivity contribution in [1.82, 2.24) is 20.2 Å². The molecule has 1 aliphatic carbocycles. The fourth-order valence-electron chi connectivity index (χ4n) is 3.35. The smallest absolute Gasteiger partial charge is 0.143 e. The fourth-order valence-corrected chi connectivity index (χ4v) is 3.35. The van der Waals surface area contributed by atoms with Gasteiger partial charge in [-0.15, -0.1) is 5.10 Å². The molecule has 1 aromatic carbocycles. The molecule has 0 spiro atoms. The average Bonchev–Trinajstić information content (AvgIpc) is 2.92. The van der Waals surface area contributed by atoms with Crippen LogP contribution in [-0.2, 0) is 0 Å². The highest BCUT2D eigenvalue weighted by atomic mass is 15.5. The molecule has 0 aliphatic heterocycles. The Hall–Kier alpha value is -1.91. The van der Waals surface area contributed by atoms with Gasteiger partial charge in [-0.3, -0.25) is 0 Å². The van der Waals surface area contributed by atoms with Crippen molar-refractivity contribution < 1.29 is 0 Å². The number of tetrazole rings is 1. The summed E-state index contributed by atoms with van der Waals surface area (Å²) in [6.07, 6.45) is 5.43. The van der Waals surface area contributed by atoms with E-state index < -0.39 is 0 Å². The molecule has 1 aliphatic rings. The summed E-state index contributed by atoms with van der Waals surface area (Å²) < 4.78 is 1.71. The van der Waals surface area contributed by atoms with Crippen LogP contribution in [0.2, 0.25) is 0 Å². The van der Waals surface area contributed by atoms with Gasteiger partial charge in [0.25, 0.3) is 0 Å². The first-order valence-electron chi connectivity index (χ1n) is 7.31. The highest BCUT2D eigenvalue weighted by Gasteiger charge is 2.24. The highest BCUT2D eigenvalue weighted by Crippen LogP contribution is 2.31. The molecule has 1 fully saturated rings. The molecule has 20 heavy (non-hydrogen) atoms. The van der Waals surface area contributed by atoms with Gasteiger partial charge >= 0.3 is 0 Å². The number of rotatable bonds is 3. The predicted octanol–water partition coefficient (Wildman–Crippen LogP) is 2.90. The van der Waals surface area contributed by atoms with Gasteiger partial charge in [-0.1, -0.05) is 26.0 Å². The van der Waals surface area contributed by atoms with Gasteiger partial charge in [0.2, 0.25) is 0 Å². The van der Waals surface area contributed by atoms with Crippen LogP contribution < -0.4 is 5.32 Å². The molecule has 0 amide bonds. The quantitative estimate of drug-likeness (QED) is 0.932.